The van der Waals surface area contributed by atoms with E-state index in [4.69, 9.17) is 4.74 Å². The third-order valence-electron chi connectivity index (χ3n) is 3.65. The van der Waals surface area contributed by atoms with Crippen LogP contribution < -0.4 is 15.4 Å². The number of aromatic nitrogens is 1. The number of aryl methyl sites for hydroxylation is 1. The van der Waals surface area contributed by atoms with Gasteiger partial charge in [0.05, 0.1) is 11.9 Å². The number of amides is 3. The van der Waals surface area contributed by atoms with Gasteiger partial charge in [-0.25, -0.2) is 9.78 Å². The number of hydrogen-bond donors (Lipinski definition) is 2. The SMILES string of the molecule is CCc1cccc(Oc2ccc(NC(=O)NCCC(=O)N(C)C)cn2)c1. The summed E-state index contributed by atoms with van der Waals surface area (Å²) in [5, 5.41) is 5.29. The van der Waals surface area contributed by atoms with Crippen LogP contribution in [-0.4, -0.2) is 42.5 Å². The van der Waals surface area contributed by atoms with Crippen molar-refractivity contribution in [3.05, 3.63) is 48.2 Å². The molecule has 1 aromatic carbocycles. The van der Waals surface area contributed by atoms with Gasteiger partial charge in [0.1, 0.15) is 5.75 Å². The van der Waals surface area contributed by atoms with Crippen molar-refractivity contribution in [2.75, 3.05) is 26.0 Å². The topological polar surface area (TPSA) is 83.6 Å². The molecule has 2 rings (SSSR count). The lowest BCUT2D eigenvalue weighted by Gasteiger charge is -2.11. The molecule has 0 bridgehead atoms. The number of urea groups is 1. The number of carbonyl (C=O) groups is 2. The highest BCUT2D eigenvalue weighted by Gasteiger charge is 2.06. The molecule has 3 amide bonds. The number of benzene rings is 1. The highest BCUT2D eigenvalue weighted by molar-refractivity contribution is 5.89. The molecule has 0 aliphatic carbocycles. The molecule has 0 aliphatic rings. The van der Waals surface area contributed by atoms with Crippen LogP contribution in [-0.2, 0) is 11.2 Å². The Bertz CT molecular complexity index is 745. The maximum absolute atomic E-state index is 11.8. The van der Waals surface area contributed by atoms with Gasteiger partial charge in [0.15, 0.2) is 0 Å². The largest absolute Gasteiger partial charge is 0.439 e. The van der Waals surface area contributed by atoms with Crippen molar-refractivity contribution in [3.63, 3.8) is 0 Å². The summed E-state index contributed by atoms with van der Waals surface area (Å²) in [7, 11) is 3.35. The Hall–Kier alpha value is -3.09. The van der Waals surface area contributed by atoms with Gasteiger partial charge >= 0.3 is 6.03 Å². The Morgan fingerprint density at radius 2 is 2.00 bits per heavy atom. The summed E-state index contributed by atoms with van der Waals surface area (Å²) in [5.41, 5.74) is 1.72. The summed E-state index contributed by atoms with van der Waals surface area (Å²) in [4.78, 5) is 28.9. The molecule has 26 heavy (non-hydrogen) atoms. The minimum atomic E-state index is -0.386. The lowest BCUT2D eigenvalue weighted by atomic mass is 10.2. The molecular formula is C19H24N4O3. The first-order chi connectivity index (χ1) is 12.5. The van der Waals surface area contributed by atoms with Gasteiger partial charge in [-0.3, -0.25) is 4.79 Å². The zero-order chi connectivity index (χ0) is 18.9. The summed E-state index contributed by atoms with van der Waals surface area (Å²) < 4.78 is 5.71. The van der Waals surface area contributed by atoms with Crippen LogP contribution in [0.5, 0.6) is 11.6 Å². The number of anilines is 1. The number of nitrogens with one attached hydrogen (secondary N) is 2. The van der Waals surface area contributed by atoms with E-state index in [2.05, 4.69) is 22.5 Å². The highest BCUT2D eigenvalue weighted by Crippen LogP contribution is 2.21. The van der Waals surface area contributed by atoms with Crippen LogP contribution in [0, 0.1) is 0 Å². The monoisotopic (exact) mass is 356 g/mol. The van der Waals surface area contributed by atoms with Crippen molar-refractivity contribution < 1.29 is 14.3 Å². The first-order valence-electron chi connectivity index (χ1n) is 8.45. The third kappa shape index (κ3) is 6.08. The Kier molecular flexibility index (Phi) is 6.96. The van der Waals surface area contributed by atoms with E-state index < -0.39 is 0 Å². The van der Waals surface area contributed by atoms with Gasteiger partial charge in [0.25, 0.3) is 0 Å². The average molecular weight is 356 g/mol. The second-order valence-corrected chi connectivity index (χ2v) is 5.91. The molecule has 0 saturated carbocycles. The highest BCUT2D eigenvalue weighted by atomic mass is 16.5. The first kappa shape index (κ1) is 19.2. The zero-order valence-corrected chi connectivity index (χ0v) is 15.3. The quantitative estimate of drug-likeness (QED) is 0.799. The molecule has 1 aromatic heterocycles. The second kappa shape index (κ2) is 9.41. The van der Waals surface area contributed by atoms with Gasteiger partial charge in [-0.2, -0.15) is 0 Å². The first-order valence-corrected chi connectivity index (χ1v) is 8.45. The Balaban J connectivity index is 1.83. The van der Waals surface area contributed by atoms with E-state index in [1.165, 1.54) is 16.7 Å². The van der Waals surface area contributed by atoms with Gasteiger partial charge in [-0.05, 0) is 30.2 Å². The number of hydrogen-bond acceptors (Lipinski definition) is 4. The number of pyridine rings is 1. The molecular weight excluding hydrogens is 332 g/mol. The lowest BCUT2D eigenvalue weighted by Crippen LogP contribution is -2.33. The van der Waals surface area contributed by atoms with Crippen molar-refractivity contribution in [2.45, 2.75) is 19.8 Å². The Labute approximate surface area is 153 Å². The maximum Gasteiger partial charge on any atom is 0.319 e. The minimum absolute atomic E-state index is 0.0411. The minimum Gasteiger partial charge on any atom is -0.439 e. The van der Waals surface area contributed by atoms with Crippen molar-refractivity contribution in [2.24, 2.45) is 0 Å². The van der Waals surface area contributed by atoms with Crippen LogP contribution in [0.3, 0.4) is 0 Å². The van der Waals surface area contributed by atoms with E-state index in [9.17, 15) is 9.59 Å². The standard InChI is InChI=1S/C19H24N4O3/c1-4-14-6-5-7-16(12-14)26-17-9-8-15(13-21-17)22-19(25)20-11-10-18(24)23(2)3/h5-9,12-13H,4,10-11H2,1-3H3,(H2,20,22,25). The zero-order valence-electron chi connectivity index (χ0n) is 15.3. The van der Waals surface area contributed by atoms with E-state index >= 15 is 0 Å². The molecule has 2 aromatic rings. The van der Waals surface area contributed by atoms with E-state index in [0.29, 0.717) is 11.6 Å². The van der Waals surface area contributed by atoms with E-state index in [-0.39, 0.29) is 24.9 Å². The lowest BCUT2D eigenvalue weighted by molar-refractivity contribution is -0.128. The summed E-state index contributed by atoms with van der Waals surface area (Å²) in [5.74, 6) is 1.13. The predicted octanol–water partition coefficient (Wildman–Crippen LogP) is 3.04. The smallest absolute Gasteiger partial charge is 0.319 e. The van der Waals surface area contributed by atoms with Gasteiger partial charge in [0.2, 0.25) is 11.8 Å². The molecule has 0 fully saturated rings. The van der Waals surface area contributed by atoms with Gasteiger partial charge in [-0.1, -0.05) is 19.1 Å². The van der Waals surface area contributed by atoms with E-state index in [1.54, 1.807) is 26.2 Å². The molecule has 7 nitrogen and oxygen atoms in total. The second-order valence-electron chi connectivity index (χ2n) is 5.91. The average Bonchev–Trinajstić information content (AvgIpc) is 2.63. The predicted molar refractivity (Wildman–Crippen MR) is 100 cm³/mol. The fourth-order valence-electron chi connectivity index (χ4n) is 2.15. The Morgan fingerprint density at radius 3 is 2.65 bits per heavy atom. The Morgan fingerprint density at radius 1 is 1.19 bits per heavy atom. The maximum atomic E-state index is 11.8. The molecule has 0 saturated heterocycles. The molecule has 0 aliphatic heterocycles. The van der Waals surface area contributed by atoms with Crippen LogP contribution in [0.1, 0.15) is 18.9 Å². The molecule has 0 atom stereocenters. The van der Waals surface area contributed by atoms with Crippen molar-refractivity contribution in [1.82, 2.24) is 15.2 Å². The van der Waals surface area contributed by atoms with E-state index in [0.717, 1.165) is 12.2 Å². The summed E-state index contributed by atoms with van der Waals surface area (Å²) in [6.07, 6.45) is 2.70. The van der Waals surface area contributed by atoms with Crippen LogP contribution in [0.25, 0.3) is 0 Å². The number of nitrogens with zero attached hydrogens (tertiary/aromatic N) is 2. The molecule has 1 heterocycles. The van der Waals surface area contributed by atoms with Crippen molar-refractivity contribution in [3.8, 4) is 11.6 Å². The van der Waals surface area contributed by atoms with Gasteiger partial charge in [0, 0.05) is 33.1 Å². The van der Waals surface area contributed by atoms with Crippen LogP contribution in [0.4, 0.5) is 10.5 Å². The normalized spacial score (nSPS) is 10.1. The van der Waals surface area contributed by atoms with Gasteiger partial charge < -0.3 is 20.3 Å². The fraction of sp³-hybridized carbons (Fsp3) is 0.316. The molecule has 2 N–H and O–H groups in total. The summed E-state index contributed by atoms with van der Waals surface area (Å²) in [6.45, 7) is 2.35. The van der Waals surface area contributed by atoms with Crippen LogP contribution >= 0.6 is 0 Å². The fourth-order valence-corrected chi connectivity index (χ4v) is 2.15. The molecule has 7 heteroatoms. The number of ether oxygens (including phenoxy) is 1. The van der Waals surface area contributed by atoms with Crippen molar-refractivity contribution in [1.29, 1.82) is 0 Å². The molecule has 0 unspecified atom stereocenters. The van der Waals surface area contributed by atoms with Crippen LogP contribution in [0.15, 0.2) is 42.6 Å². The number of carbonyl (C=O) groups excluding carboxylic acids is 2. The number of rotatable bonds is 7. The molecule has 138 valence electrons. The third-order valence-corrected chi connectivity index (χ3v) is 3.65. The summed E-state index contributed by atoms with van der Waals surface area (Å²) in [6, 6.07) is 10.8. The van der Waals surface area contributed by atoms with Gasteiger partial charge in [-0.15, -0.1) is 0 Å². The molecule has 0 spiro atoms. The van der Waals surface area contributed by atoms with Crippen LogP contribution in [0.2, 0.25) is 0 Å². The van der Waals surface area contributed by atoms with E-state index in [1.807, 2.05) is 24.3 Å². The van der Waals surface area contributed by atoms with Crippen molar-refractivity contribution >= 4 is 17.6 Å². The molecule has 0 radical (unpaired) electrons. The summed E-state index contributed by atoms with van der Waals surface area (Å²) >= 11 is 0.